The summed E-state index contributed by atoms with van der Waals surface area (Å²) < 4.78 is 20.8. The highest BCUT2D eigenvalue weighted by Gasteiger charge is 2.11. The number of unbranched alkanes of at least 4 members (excludes halogenated alkanes) is 1. The third kappa shape index (κ3) is 12.3. The van der Waals surface area contributed by atoms with Crippen molar-refractivity contribution in [1.82, 2.24) is 0 Å². The molecule has 0 amide bonds. The zero-order valence-corrected chi connectivity index (χ0v) is 12.8. The van der Waals surface area contributed by atoms with Gasteiger partial charge >= 0.3 is 5.97 Å². The number of ether oxygens (including phenoxy) is 4. The molecular formula is C14H29NO5. The standard InChI is InChI=1S/C14H29NO5/c1-3-5-6-17-7-8-18-9-10-19-11-12-20-14(16)13(15)4-2/h13H,3-12,15H2,1-2H3/t13-/m1/s1. The number of nitrogens with two attached hydrogens (primary N) is 1. The minimum Gasteiger partial charge on any atom is -0.462 e. The molecule has 0 unspecified atom stereocenters. The Morgan fingerprint density at radius 1 is 0.900 bits per heavy atom. The van der Waals surface area contributed by atoms with E-state index in [-0.39, 0.29) is 12.6 Å². The van der Waals surface area contributed by atoms with Crippen LogP contribution in [0.4, 0.5) is 0 Å². The van der Waals surface area contributed by atoms with Crippen molar-refractivity contribution in [2.45, 2.75) is 39.2 Å². The summed E-state index contributed by atoms with van der Waals surface area (Å²) in [6, 6.07) is -0.536. The van der Waals surface area contributed by atoms with Crippen molar-refractivity contribution in [2.75, 3.05) is 46.2 Å². The second-order valence-corrected chi connectivity index (χ2v) is 4.37. The summed E-state index contributed by atoms with van der Waals surface area (Å²) in [6.07, 6.45) is 2.81. The van der Waals surface area contributed by atoms with E-state index in [1.165, 1.54) is 0 Å². The van der Waals surface area contributed by atoms with E-state index in [0.29, 0.717) is 39.5 Å². The van der Waals surface area contributed by atoms with E-state index < -0.39 is 6.04 Å². The molecule has 2 N–H and O–H groups in total. The minimum absolute atomic E-state index is 0.229. The monoisotopic (exact) mass is 291 g/mol. The molecular weight excluding hydrogens is 262 g/mol. The molecule has 1 atom stereocenters. The molecule has 0 aliphatic carbocycles. The Morgan fingerprint density at radius 3 is 1.90 bits per heavy atom. The van der Waals surface area contributed by atoms with Gasteiger partial charge in [-0.05, 0) is 12.8 Å². The largest absolute Gasteiger partial charge is 0.462 e. The van der Waals surface area contributed by atoms with Crippen LogP contribution in [0.5, 0.6) is 0 Å². The third-order valence-corrected chi connectivity index (χ3v) is 2.60. The van der Waals surface area contributed by atoms with Gasteiger partial charge in [-0.1, -0.05) is 20.3 Å². The molecule has 0 saturated heterocycles. The number of hydrogen-bond acceptors (Lipinski definition) is 6. The van der Waals surface area contributed by atoms with Gasteiger partial charge in [0.2, 0.25) is 0 Å². The SMILES string of the molecule is CCCCOCCOCCOCCOC(=O)[C@H](N)CC. The molecule has 0 aromatic carbocycles. The minimum atomic E-state index is -0.536. The first kappa shape index (κ1) is 19.3. The molecule has 0 fully saturated rings. The Morgan fingerprint density at radius 2 is 1.40 bits per heavy atom. The Balaban J connectivity index is 3.11. The van der Waals surface area contributed by atoms with Crippen LogP contribution in [-0.2, 0) is 23.7 Å². The normalized spacial score (nSPS) is 12.3. The molecule has 20 heavy (non-hydrogen) atoms. The number of hydrogen-bond donors (Lipinski definition) is 1. The van der Waals surface area contributed by atoms with Crippen molar-refractivity contribution < 1.29 is 23.7 Å². The zero-order valence-electron chi connectivity index (χ0n) is 12.8. The lowest BCUT2D eigenvalue weighted by molar-refractivity contribution is -0.147. The Labute approximate surface area is 121 Å². The van der Waals surface area contributed by atoms with Crippen molar-refractivity contribution in [3.05, 3.63) is 0 Å². The predicted octanol–water partition coefficient (Wildman–Crippen LogP) is 1.12. The highest BCUT2D eigenvalue weighted by Crippen LogP contribution is 1.91. The van der Waals surface area contributed by atoms with Crippen LogP contribution >= 0.6 is 0 Å². The van der Waals surface area contributed by atoms with Crippen LogP contribution in [0.15, 0.2) is 0 Å². The highest BCUT2D eigenvalue weighted by atomic mass is 16.6. The smallest absolute Gasteiger partial charge is 0.322 e. The highest BCUT2D eigenvalue weighted by molar-refractivity contribution is 5.75. The van der Waals surface area contributed by atoms with Gasteiger partial charge in [-0.15, -0.1) is 0 Å². The van der Waals surface area contributed by atoms with Crippen LogP contribution in [0.2, 0.25) is 0 Å². The zero-order chi connectivity index (χ0) is 15.1. The molecule has 0 aromatic heterocycles. The van der Waals surface area contributed by atoms with E-state index in [1.807, 2.05) is 6.92 Å². The first-order chi connectivity index (χ1) is 9.72. The van der Waals surface area contributed by atoms with Crippen molar-refractivity contribution in [3.63, 3.8) is 0 Å². The van der Waals surface area contributed by atoms with E-state index >= 15 is 0 Å². The maximum atomic E-state index is 11.2. The molecule has 0 spiro atoms. The Bertz CT molecular complexity index is 226. The van der Waals surface area contributed by atoms with Crippen LogP contribution in [-0.4, -0.2) is 58.3 Å². The summed E-state index contributed by atoms with van der Waals surface area (Å²) in [4.78, 5) is 11.2. The maximum Gasteiger partial charge on any atom is 0.322 e. The lowest BCUT2D eigenvalue weighted by Crippen LogP contribution is -2.32. The number of carbonyl (C=O) groups is 1. The summed E-state index contributed by atoms with van der Waals surface area (Å²) in [5.41, 5.74) is 5.51. The van der Waals surface area contributed by atoms with Gasteiger partial charge in [-0.2, -0.15) is 0 Å². The molecule has 0 rings (SSSR count). The van der Waals surface area contributed by atoms with Crippen LogP contribution < -0.4 is 5.73 Å². The summed E-state index contributed by atoms with van der Waals surface area (Å²) in [6.45, 7) is 7.54. The molecule has 0 heterocycles. The number of esters is 1. The molecule has 0 aliphatic heterocycles. The van der Waals surface area contributed by atoms with Gasteiger partial charge < -0.3 is 24.7 Å². The first-order valence-electron chi connectivity index (χ1n) is 7.37. The Kier molecular flexibility index (Phi) is 14.2. The molecule has 0 radical (unpaired) electrons. The van der Waals surface area contributed by atoms with Crippen molar-refractivity contribution in [2.24, 2.45) is 5.73 Å². The molecule has 0 bridgehead atoms. The lowest BCUT2D eigenvalue weighted by Gasteiger charge is -2.09. The van der Waals surface area contributed by atoms with Gasteiger partial charge in [0, 0.05) is 6.61 Å². The van der Waals surface area contributed by atoms with Crippen LogP contribution in [0.3, 0.4) is 0 Å². The van der Waals surface area contributed by atoms with Crippen molar-refractivity contribution in [3.8, 4) is 0 Å². The lowest BCUT2D eigenvalue weighted by atomic mass is 10.2. The van der Waals surface area contributed by atoms with Gasteiger partial charge in [0.25, 0.3) is 0 Å². The predicted molar refractivity (Wildman–Crippen MR) is 76.6 cm³/mol. The maximum absolute atomic E-state index is 11.2. The molecule has 0 aromatic rings. The van der Waals surface area contributed by atoms with E-state index in [9.17, 15) is 4.79 Å². The first-order valence-corrected chi connectivity index (χ1v) is 7.37. The van der Waals surface area contributed by atoms with Crippen LogP contribution in [0.25, 0.3) is 0 Å². The van der Waals surface area contributed by atoms with Crippen LogP contribution in [0, 0.1) is 0 Å². The second-order valence-electron chi connectivity index (χ2n) is 4.37. The van der Waals surface area contributed by atoms with Gasteiger partial charge in [0.1, 0.15) is 12.6 Å². The third-order valence-electron chi connectivity index (χ3n) is 2.60. The average molecular weight is 291 g/mol. The Hall–Kier alpha value is -0.690. The summed E-state index contributed by atoms with van der Waals surface area (Å²) in [5, 5.41) is 0. The number of rotatable bonds is 14. The molecule has 6 nitrogen and oxygen atoms in total. The van der Waals surface area contributed by atoms with Gasteiger partial charge in [-0.3, -0.25) is 4.79 Å². The molecule has 0 saturated carbocycles. The van der Waals surface area contributed by atoms with E-state index in [4.69, 9.17) is 24.7 Å². The van der Waals surface area contributed by atoms with E-state index in [1.54, 1.807) is 0 Å². The fourth-order valence-corrected chi connectivity index (χ4v) is 1.26. The molecule has 6 heteroatoms. The average Bonchev–Trinajstić information content (AvgIpc) is 2.47. The summed E-state index contributed by atoms with van der Waals surface area (Å²) in [7, 11) is 0. The van der Waals surface area contributed by atoms with Gasteiger partial charge in [0.15, 0.2) is 0 Å². The molecule has 0 aliphatic rings. The number of carbonyl (C=O) groups excluding carboxylic acids is 1. The second kappa shape index (κ2) is 14.7. The van der Waals surface area contributed by atoms with E-state index in [0.717, 1.165) is 19.4 Å². The quantitative estimate of drug-likeness (QED) is 0.381. The fraction of sp³-hybridized carbons (Fsp3) is 0.929. The van der Waals surface area contributed by atoms with Gasteiger partial charge in [0.05, 0.1) is 33.0 Å². The fourth-order valence-electron chi connectivity index (χ4n) is 1.26. The van der Waals surface area contributed by atoms with Crippen molar-refractivity contribution >= 4 is 5.97 Å². The van der Waals surface area contributed by atoms with E-state index in [2.05, 4.69) is 6.92 Å². The summed E-state index contributed by atoms with van der Waals surface area (Å²) in [5.74, 6) is -0.378. The van der Waals surface area contributed by atoms with Crippen molar-refractivity contribution in [1.29, 1.82) is 0 Å². The van der Waals surface area contributed by atoms with Crippen LogP contribution in [0.1, 0.15) is 33.1 Å². The van der Waals surface area contributed by atoms with Gasteiger partial charge in [-0.25, -0.2) is 0 Å². The topological polar surface area (TPSA) is 80.0 Å². The molecule has 120 valence electrons. The summed E-state index contributed by atoms with van der Waals surface area (Å²) >= 11 is 0.